The molecule has 1 saturated carbocycles. The van der Waals surface area contributed by atoms with E-state index >= 15 is 0 Å². The van der Waals surface area contributed by atoms with Crippen molar-refractivity contribution >= 4 is 16.8 Å². The summed E-state index contributed by atoms with van der Waals surface area (Å²) in [6.07, 6.45) is 4.83. The number of benzene rings is 1. The molecule has 7 nitrogen and oxygen atoms in total. The van der Waals surface area contributed by atoms with Crippen molar-refractivity contribution in [2.45, 2.75) is 37.1 Å². The van der Waals surface area contributed by atoms with Crippen LogP contribution in [-0.2, 0) is 10.2 Å². The topological polar surface area (TPSA) is 72.0 Å². The number of ether oxygens (including phenoxy) is 1. The molecule has 1 spiro atoms. The van der Waals surface area contributed by atoms with Crippen molar-refractivity contribution in [1.29, 1.82) is 0 Å². The first-order valence-electron chi connectivity index (χ1n) is 11.9. The molecule has 2 aromatic rings. The van der Waals surface area contributed by atoms with Gasteiger partial charge < -0.3 is 29.5 Å². The smallest absolute Gasteiger partial charge is 0.237 e. The number of hydrogen-bond donors (Lipinski definition) is 2. The summed E-state index contributed by atoms with van der Waals surface area (Å²) in [5.41, 5.74) is 3.25. The summed E-state index contributed by atoms with van der Waals surface area (Å²) >= 11 is 0. The van der Waals surface area contributed by atoms with Crippen LogP contribution in [-0.4, -0.2) is 91.2 Å². The number of aromatic amines is 1. The molecular weight excluding hydrogens is 404 g/mol. The standard InChI is InChI=1S/C25H36N4O3/c1-27(2)14-22(31)29-16-25(8-10-28(11-9-25)13-17-4-5-17)23-19-7-6-18(32-3)12-20(19)26-24(23)21(29)15-30/h6-7,12,17,21,26,30H,4-5,8-11,13-16H2,1-3H3/t21-/m1/s1. The van der Waals surface area contributed by atoms with Crippen LogP contribution in [0.15, 0.2) is 18.2 Å². The van der Waals surface area contributed by atoms with Crippen molar-refractivity contribution in [2.24, 2.45) is 5.92 Å². The molecule has 174 valence electrons. The van der Waals surface area contributed by atoms with Crippen LogP contribution in [0.2, 0.25) is 0 Å². The molecule has 0 bridgehead atoms. The lowest BCUT2D eigenvalue weighted by Gasteiger charge is -2.50. The summed E-state index contributed by atoms with van der Waals surface area (Å²) in [5.74, 6) is 1.78. The molecule has 5 rings (SSSR count). The number of piperidine rings is 1. The van der Waals surface area contributed by atoms with Gasteiger partial charge in [-0.15, -0.1) is 0 Å². The fourth-order valence-electron chi connectivity index (χ4n) is 5.87. The van der Waals surface area contributed by atoms with E-state index in [1.807, 2.05) is 36.0 Å². The first-order chi connectivity index (χ1) is 15.4. The van der Waals surface area contributed by atoms with E-state index in [1.165, 1.54) is 30.3 Å². The van der Waals surface area contributed by atoms with Gasteiger partial charge in [0.05, 0.1) is 26.3 Å². The number of likely N-dealkylation sites (tertiary alicyclic amines) is 1. The number of nitrogens with one attached hydrogen (secondary N) is 1. The molecule has 0 unspecified atom stereocenters. The number of rotatable bonds is 6. The van der Waals surface area contributed by atoms with Crippen molar-refractivity contribution in [3.05, 3.63) is 29.5 Å². The number of H-pyrrole nitrogens is 1. The number of aromatic nitrogens is 1. The van der Waals surface area contributed by atoms with Crippen molar-refractivity contribution < 1.29 is 14.6 Å². The van der Waals surface area contributed by atoms with E-state index in [1.54, 1.807) is 7.11 Å². The first kappa shape index (κ1) is 21.7. The van der Waals surface area contributed by atoms with Gasteiger partial charge in [-0.1, -0.05) is 0 Å². The van der Waals surface area contributed by atoms with E-state index < -0.39 is 0 Å². The summed E-state index contributed by atoms with van der Waals surface area (Å²) in [4.78, 5) is 23.3. The SMILES string of the molecule is COc1ccc2c3c([nH]c2c1)[C@@H](CO)N(C(=O)CN(C)C)CC31CCN(CC2CC2)CC1. The van der Waals surface area contributed by atoms with Gasteiger partial charge in [0, 0.05) is 41.2 Å². The summed E-state index contributed by atoms with van der Waals surface area (Å²) in [5, 5.41) is 11.6. The second-order valence-corrected chi connectivity index (χ2v) is 10.3. The molecule has 7 heteroatoms. The predicted octanol–water partition coefficient (Wildman–Crippen LogP) is 2.36. The lowest BCUT2D eigenvalue weighted by molar-refractivity contribution is -0.138. The quantitative estimate of drug-likeness (QED) is 0.722. The molecule has 1 aromatic carbocycles. The van der Waals surface area contributed by atoms with Crippen LogP contribution in [0.1, 0.15) is 43.0 Å². The van der Waals surface area contributed by atoms with E-state index in [0.717, 1.165) is 48.8 Å². The van der Waals surface area contributed by atoms with Crippen LogP contribution in [0.3, 0.4) is 0 Å². The summed E-state index contributed by atoms with van der Waals surface area (Å²) in [7, 11) is 5.52. The van der Waals surface area contributed by atoms with Crippen LogP contribution in [0, 0.1) is 5.92 Å². The Morgan fingerprint density at radius 1 is 1.28 bits per heavy atom. The Morgan fingerprint density at radius 3 is 2.66 bits per heavy atom. The lowest BCUT2D eigenvalue weighted by atomic mass is 9.68. The van der Waals surface area contributed by atoms with E-state index in [-0.39, 0.29) is 24.0 Å². The number of aliphatic hydroxyl groups excluding tert-OH is 1. The van der Waals surface area contributed by atoms with Crippen molar-refractivity contribution in [1.82, 2.24) is 19.7 Å². The fraction of sp³-hybridized carbons (Fsp3) is 0.640. The van der Waals surface area contributed by atoms with Gasteiger partial charge in [-0.2, -0.15) is 0 Å². The van der Waals surface area contributed by atoms with Gasteiger partial charge in [0.15, 0.2) is 0 Å². The van der Waals surface area contributed by atoms with Gasteiger partial charge in [0.2, 0.25) is 5.91 Å². The molecule has 2 aliphatic heterocycles. The number of carbonyl (C=O) groups is 1. The maximum absolute atomic E-state index is 13.3. The summed E-state index contributed by atoms with van der Waals surface area (Å²) < 4.78 is 5.46. The van der Waals surface area contributed by atoms with Crippen LogP contribution in [0.25, 0.3) is 10.9 Å². The molecule has 3 heterocycles. The van der Waals surface area contributed by atoms with Crippen LogP contribution < -0.4 is 4.74 Å². The largest absolute Gasteiger partial charge is 0.497 e. The van der Waals surface area contributed by atoms with Crippen LogP contribution >= 0.6 is 0 Å². The molecular formula is C25H36N4O3. The zero-order chi connectivity index (χ0) is 22.5. The molecule has 32 heavy (non-hydrogen) atoms. The molecule has 2 fully saturated rings. The van der Waals surface area contributed by atoms with Crippen molar-refractivity contribution in [3.63, 3.8) is 0 Å². The Kier molecular flexibility index (Phi) is 5.68. The third-order valence-corrected chi connectivity index (χ3v) is 7.72. The Morgan fingerprint density at radius 2 is 2.03 bits per heavy atom. The summed E-state index contributed by atoms with van der Waals surface area (Å²) in [6.45, 7) is 4.30. The number of amides is 1. The highest BCUT2D eigenvalue weighted by Gasteiger charge is 2.48. The number of aliphatic hydroxyl groups is 1. The van der Waals surface area contributed by atoms with Crippen molar-refractivity contribution in [2.75, 3.05) is 60.5 Å². The number of nitrogens with zero attached hydrogens (tertiary/aromatic N) is 3. The molecule has 1 aliphatic carbocycles. The van der Waals surface area contributed by atoms with E-state index in [0.29, 0.717) is 13.1 Å². The zero-order valence-electron chi connectivity index (χ0n) is 19.6. The lowest BCUT2D eigenvalue weighted by Crippen LogP contribution is -2.56. The van der Waals surface area contributed by atoms with E-state index in [2.05, 4.69) is 16.0 Å². The molecule has 2 N–H and O–H groups in total. The monoisotopic (exact) mass is 440 g/mol. The zero-order valence-corrected chi connectivity index (χ0v) is 19.6. The minimum atomic E-state index is -0.342. The normalized spacial score (nSPS) is 23.2. The summed E-state index contributed by atoms with van der Waals surface area (Å²) in [6, 6.07) is 5.85. The van der Waals surface area contributed by atoms with E-state index in [4.69, 9.17) is 4.74 Å². The van der Waals surface area contributed by atoms with Gasteiger partial charge >= 0.3 is 0 Å². The van der Waals surface area contributed by atoms with Crippen LogP contribution in [0.5, 0.6) is 5.75 Å². The molecule has 1 aromatic heterocycles. The second kappa shape index (κ2) is 8.36. The highest BCUT2D eigenvalue weighted by molar-refractivity contribution is 5.89. The third-order valence-electron chi connectivity index (χ3n) is 7.72. The predicted molar refractivity (Wildman–Crippen MR) is 125 cm³/mol. The average molecular weight is 441 g/mol. The minimum Gasteiger partial charge on any atom is -0.497 e. The number of fused-ring (bicyclic) bond motifs is 4. The number of hydrogen-bond acceptors (Lipinski definition) is 5. The number of methoxy groups -OCH3 is 1. The second-order valence-electron chi connectivity index (χ2n) is 10.3. The highest BCUT2D eigenvalue weighted by Crippen LogP contribution is 2.49. The maximum atomic E-state index is 13.3. The van der Waals surface area contributed by atoms with Gasteiger partial charge in [0.25, 0.3) is 0 Å². The minimum absolute atomic E-state index is 0.0794. The molecule has 3 aliphatic rings. The average Bonchev–Trinajstić information content (AvgIpc) is 3.51. The highest BCUT2D eigenvalue weighted by atomic mass is 16.5. The molecule has 0 radical (unpaired) electrons. The van der Waals surface area contributed by atoms with Gasteiger partial charge in [-0.25, -0.2) is 0 Å². The van der Waals surface area contributed by atoms with Gasteiger partial charge in [-0.05, 0) is 76.5 Å². The fourth-order valence-corrected chi connectivity index (χ4v) is 5.87. The first-order valence-corrected chi connectivity index (χ1v) is 11.9. The van der Waals surface area contributed by atoms with Crippen LogP contribution in [0.4, 0.5) is 0 Å². The number of likely N-dealkylation sites (N-methyl/N-ethyl adjacent to an activating group) is 1. The molecule has 1 saturated heterocycles. The Bertz CT molecular complexity index is 988. The molecule has 1 amide bonds. The van der Waals surface area contributed by atoms with Gasteiger partial charge in [-0.3, -0.25) is 4.79 Å². The number of carbonyl (C=O) groups excluding carboxylic acids is 1. The maximum Gasteiger partial charge on any atom is 0.237 e. The van der Waals surface area contributed by atoms with Crippen molar-refractivity contribution in [3.8, 4) is 5.75 Å². The Balaban J connectivity index is 1.57. The Labute approximate surface area is 190 Å². The van der Waals surface area contributed by atoms with E-state index in [9.17, 15) is 9.90 Å². The van der Waals surface area contributed by atoms with Gasteiger partial charge in [0.1, 0.15) is 5.75 Å². The third kappa shape index (κ3) is 3.80. The Hall–Kier alpha value is -2.09. The molecule has 1 atom stereocenters.